The van der Waals surface area contributed by atoms with Crippen molar-refractivity contribution in [2.45, 2.75) is 19.8 Å². The number of aryl methyl sites for hydroxylation is 2. The number of hydrogen-bond donors (Lipinski definition) is 1. The first-order valence-electron chi connectivity index (χ1n) is 10.8. The van der Waals surface area contributed by atoms with Gasteiger partial charge in [0.05, 0.1) is 28.2 Å². The largest absolute Gasteiger partial charge is 0.469 e. The highest BCUT2D eigenvalue weighted by atomic mass is 35.5. The minimum absolute atomic E-state index is 0.0498. The van der Waals surface area contributed by atoms with E-state index in [4.69, 9.17) is 16.0 Å². The summed E-state index contributed by atoms with van der Waals surface area (Å²) in [4.78, 5) is 27.7. The van der Waals surface area contributed by atoms with Gasteiger partial charge < -0.3 is 9.73 Å². The lowest BCUT2D eigenvalue weighted by Crippen LogP contribution is -2.37. The Kier molecular flexibility index (Phi) is 7.27. The lowest BCUT2D eigenvalue weighted by atomic mass is 10.1. The van der Waals surface area contributed by atoms with Crippen LogP contribution in [-0.2, 0) is 11.2 Å². The number of carbonyl (C=O) groups excluding carboxylic acids is 2. The van der Waals surface area contributed by atoms with Crippen molar-refractivity contribution in [3.05, 3.63) is 113 Å². The summed E-state index contributed by atoms with van der Waals surface area (Å²) in [5.74, 6) is -1.84. The smallest absolute Gasteiger partial charge is 0.266 e. The third-order valence-electron chi connectivity index (χ3n) is 5.32. The molecule has 5 nitrogen and oxygen atoms in total. The SMILES string of the molecule is Cc1ccc(N(C(=O)CCc2ccco2)C(=O)c2ccc(Nc3ccc(F)cc3F)cc2Cl)cc1. The minimum atomic E-state index is -0.769. The number of halogens is 3. The average Bonchev–Trinajstić information content (AvgIpc) is 3.35. The minimum Gasteiger partial charge on any atom is -0.469 e. The Morgan fingerprint density at radius 3 is 2.43 bits per heavy atom. The van der Waals surface area contributed by atoms with Crippen molar-refractivity contribution < 1.29 is 22.8 Å². The second kappa shape index (κ2) is 10.5. The quantitative estimate of drug-likeness (QED) is 0.298. The van der Waals surface area contributed by atoms with Crippen molar-refractivity contribution >= 4 is 40.5 Å². The zero-order chi connectivity index (χ0) is 24.9. The average molecular weight is 495 g/mol. The molecule has 0 fully saturated rings. The van der Waals surface area contributed by atoms with Crippen molar-refractivity contribution in [1.82, 2.24) is 0 Å². The Labute approximate surface area is 205 Å². The summed E-state index contributed by atoms with van der Waals surface area (Å²) in [5.41, 5.74) is 1.94. The maximum Gasteiger partial charge on any atom is 0.266 e. The Balaban J connectivity index is 1.60. The number of imide groups is 1. The van der Waals surface area contributed by atoms with Gasteiger partial charge in [-0.05, 0) is 61.5 Å². The molecule has 0 saturated heterocycles. The molecule has 0 aliphatic carbocycles. The summed E-state index contributed by atoms with van der Waals surface area (Å²) >= 11 is 6.41. The molecule has 1 heterocycles. The molecular weight excluding hydrogens is 474 g/mol. The predicted molar refractivity (Wildman–Crippen MR) is 131 cm³/mol. The first-order chi connectivity index (χ1) is 16.8. The normalized spacial score (nSPS) is 10.7. The summed E-state index contributed by atoms with van der Waals surface area (Å²) in [6.07, 6.45) is 1.91. The number of anilines is 3. The highest BCUT2D eigenvalue weighted by Gasteiger charge is 2.26. The van der Waals surface area contributed by atoms with Gasteiger partial charge in [0.1, 0.15) is 17.4 Å². The van der Waals surface area contributed by atoms with Crippen molar-refractivity contribution in [3.8, 4) is 0 Å². The fourth-order valence-corrected chi connectivity index (χ4v) is 3.76. The van der Waals surface area contributed by atoms with Crippen LogP contribution in [0.2, 0.25) is 5.02 Å². The van der Waals surface area contributed by atoms with Crippen molar-refractivity contribution in [1.29, 1.82) is 0 Å². The van der Waals surface area contributed by atoms with Gasteiger partial charge in [0.25, 0.3) is 5.91 Å². The van der Waals surface area contributed by atoms with Crippen LogP contribution < -0.4 is 10.2 Å². The molecule has 0 spiro atoms. The summed E-state index contributed by atoms with van der Waals surface area (Å²) in [6.45, 7) is 1.90. The Bertz CT molecular complexity index is 1360. The molecule has 8 heteroatoms. The fraction of sp³-hybridized carbons (Fsp3) is 0.111. The van der Waals surface area contributed by atoms with E-state index >= 15 is 0 Å². The highest BCUT2D eigenvalue weighted by Crippen LogP contribution is 2.28. The van der Waals surface area contributed by atoms with E-state index in [0.717, 1.165) is 22.6 Å². The Morgan fingerprint density at radius 2 is 1.77 bits per heavy atom. The van der Waals surface area contributed by atoms with E-state index in [0.29, 0.717) is 23.6 Å². The molecule has 4 aromatic rings. The summed E-state index contributed by atoms with van der Waals surface area (Å²) in [7, 11) is 0. The van der Waals surface area contributed by atoms with Gasteiger partial charge in [-0.2, -0.15) is 0 Å². The molecule has 35 heavy (non-hydrogen) atoms. The van der Waals surface area contributed by atoms with Crippen LogP contribution >= 0.6 is 11.6 Å². The summed E-state index contributed by atoms with van der Waals surface area (Å²) in [5, 5.41) is 2.87. The maximum absolute atomic E-state index is 14.0. The third kappa shape index (κ3) is 5.75. The summed E-state index contributed by atoms with van der Waals surface area (Å²) in [6, 6.07) is 18.1. The maximum atomic E-state index is 14.0. The van der Waals surface area contributed by atoms with Gasteiger partial charge >= 0.3 is 0 Å². The third-order valence-corrected chi connectivity index (χ3v) is 5.63. The molecule has 0 saturated carbocycles. The molecule has 178 valence electrons. The number of hydrogen-bond acceptors (Lipinski definition) is 4. The van der Waals surface area contributed by atoms with Crippen LogP contribution in [0.4, 0.5) is 25.8 Å². The molecule has 1 N–H and O–H groups in total. The fourth-order valence-electron chi connectivity index (χ4n) is 3.50. The second-order valence-electron chi connectivity index (χ2n) is 7.89. The van der Waals surface area contributed by atoms with Crippen molar-refractivity contribution in [3.63, 3.8) is 0 Å². The van der Waals surface area contributed by atoms with E-state index in [1.54, 1.807) is 36.4 Å². The number of amides is 2. The zero-order valence-corrected chi connectivity index (χ0v) is 19.5. The van der Waals surface area contributed by atoms with Crippen LogP contribution in [-0.4, -0.2) is 11.8 Å². The number of benzene rings is 3. The Hall–Kier alpha value is -3.97. The van der Waals surface area contributed by atoms with Gasteiger partial charge in [0.15, 0.2) is 0 Å². The second-order valence-corrected chi connectivity index (χ2v) is 8.30. The molecule has 0 unspecified atom stereocenters. The predicted octanol–water partition coefficient (Wildman–Crippen LogP) is 7.07. The standard InChI is InChI=1S/C27H21ClF2N2O3/c1-17-4-8-20(9-5-17)32(26(33)13-10-21-3-2-14-35-21)27(34)22-11-7-19(16-23(22)28)31-25-12-6-18(29)15-24(25)30/h2-9,11-12,14-16,31H,10,13H2,1H3. The molecule has 0 atom stereocenters. The summed E-state index contributed by atoms with van der Waals surface area (Å²) < 4.78 is 32.5. The molecule has 1 aromatic heterocycles. The molecule has 2 amide bonds. The van der Waals surface area contributed by atoms with E-state index in [1.807, 2.05) is 6.92 Å². The molecule has 0 aliphatic rings. The van der Waals surface area contributed by atoms with E-state index < -0.39 is 23.4 Å². The lowest BCUT2D eigenvalue weighted by Gasteiger charge is -2.22. The molecular formula is C27H21ClF2N2O3. The van der Waals surface area contributed by atoms with Crippen LogP contribution in [0.5, 0.6) is 0 Å². The lowest BCUT2D eigenvalue weighted by molar-refractivity contribution is -0.118. The van der Waals surface area contributed by atoms with E-state index in [2.05, 4.69) is 5.32 Å². The number of furan rings is 1. The van der Waals surface area contributed by atoms with Crippen LogP contribution in [0.25, 0.3) is 0 Å². The molecule has 0 aliphatic heterocycles. The first kappa shape index (κ1) is 24.2. The number of rotatable bonds is 7. The number of nitrogens with one attached hydrogen (secondary N) is 1. The van der Waals surface area contributed by atoms with Crippen molar-refractivity contribution in [2.24, 2.45) is 0 Å². The van der Waals surface area contributed by atoms with Gasteiger partial charge in [-0.15, -0.1) is 0 Å². The molecule has 4 rings (SSSR count). The van der Waals surface area contributed by atoms with Gasteiger partial charge in [0, 0.05) is 24.6 Å². The van der Waals surface area contributed by atoms with E-state index in [9.17, 15) is 18.4 Å². The molecule has 0 bridgehead atoms. The number of nitrogens with zero attached hydrogens (tertiary/aromatic N) is 1. The van der Waals surface area contributed by atoms with E-state index in [1.165, 1.54) is 30.5 Å². The van der Waals surface area contributed by atoms with Crippen LogP contribution in [0, 0.1) is 18.6 Å². The highest BCUT2D eigenvalue weighted by molar-refractivity contribution is 6.36. The number of carbonyl (C=O) groups is 2. The topological polar surface area (TPSA) is 62.6 Å². The van der Waals surface area contributed by atoms with Gasteiger partial charge in [-0.3, -0.25) is 9.59 Å². The van der Waals surface area contributed by atoms with E-state index in [-0.39, 0.29) is 22.7 Å². The zero-order valence-electron chi connectivity index (χ0n) is 18.7. The Morgan fingerprint density at radius 1 is 1.00 bits per heavy atom. The molecule has 0 radical (unpaired) electrons. The van der Waals surface area contributed by atoms with Crippen LogP contribution in [0.15, 0.2) is 83.5 Å². The monoisotopic (exact) mass is 494 g/mol. The van der Waals surface area contributed by atoms with Gasteiger partial charge in [-0.1, -0.05) is 29.3 Å². The van der Waals surface area contributed by atoms with Crippen LogP contribution in [0.1, 0.15) is 28.1 Å². The molecule has 3 aromatic carbocycles. The van der Waals surface area contributed by atoms with Gasteiger partial charge in [0.2, 0.25) is 5.91 Å². The van der Waals surface area contributed by atoms with Gasteiger partial charge in [-0.25, -0.2) is 13.7 Å². The first-order valence-corrected chi connectivity index (χ1v) is 11.2. The van der Waals surface area contributed by atoms with Crippen molar-refractivity contribution in [2.75, 3.05) is 10.2 Å². The van der Waals surface area contributed by atoms with Crippen LogP contribution in [0.3, 0.4) is 0 Å².